The van der Waals surface area contributed by atoms with Crippen LogP contribution in [0.15, 0.2) is 138 Å². The van der Waals surface area contributed by atoms with E-state index in [2.05, 4.69) is 9.03 Å². The van der Waals surface area contributed by atoms with E-state index in [9.17, 15) is 31.2 Å². The highest BCUT2D eigenvalue weighted by Gasteiger charge is 2.48. The maximum atomic E-state index is 13.5. The first-order chi connectivity index (χ1) is 29.6. The molecule has 0 bridgehead atoms. The summed E-state index contributed by atoms with van der Waals surface area (Å²) < 4.78 is 81.8. The van der Waals surface area contributed by atoms with E-state index in [4.69, 9.17) is 20.5 Å². The number of thiophene rings is 1. The molecule has 0 N–H and O–H groups in total. The fourth-order valence-corrected chi connectivity index (χ4v) is 8.18. The number of hydrogen-bond donors (Lipinski definition) is 0. The molecule has 0 radical (unpaired) electrons. The number of nitrogens with zero attached hydrogens (tertiary/aromatic N) is 1. The van der Waals surface area contributed by atoms with E-state index in [1.165, 1.54) is 23.5 Å². The van der Waals surface area contributed by atoms with Crippen LogP contribution in [0.5, 0.6) is 17.2 Å². The summed E-state index contributed by atoms with van der Waals surface area (Å²) in [6.45, 7) is 11.0. The summed E-state index contributed by atoms with van der Waals surface area (Å²) in [5.41, 5.74) is 1.02. The van der Waals surface area contributed by atoms with Gasteiger partial charge in [-0.3, -0.25) is 9.59 Å². The van der Waals surface area contributed by atoms with Gasteiger partial charge in [0.2, 0.25) is 0 Å². The van der Waals surface area contributed by atoms with Crippen molar-refractivity contribution in [1.29, 1.82) is 0 Å². The average molecular weight is 874 g/mol. The van der Waals surface area contributed by atoms with E-state index >= 15 is 0 Å². The Bertz CT molecular complexity index is 3110. The first-order valence-electron chi connectivity index (χ1n) is 18.6. The molecule has 312 valence electrons. The molecule has 62 heavy (non-hydrogen) atoms. The van der Waals surface area contributed by atoms with Gasteiger partial charge in [-0.05, 0) is 74.0 Å². The van der Waals surface area contributed by atoms with Crippen LogP contribution in [0.2, 0.25) is 0 Å². The zero-order chi connectivity index (χ0) is 44.3. The van der Waals surface area contributed by atoms with Crippen molar-refractivity contribution in [2.75, 3.05) is 14.2 Å². The predicted octanol–water partition coefficient (Wildman–Crippen LogP) is 12.5. The molecule has 0 aliphatic carbocycles. The zero-order valence-corrected chi connectivity index (χ0v) is 35.0. The van der Waals surface area contributed by atoms with Gasteiger partial charge in [-0.1, -0.05) is 83.9 Å². The highest BCUT2D eigenvalue weighted by Crippen LogP contribution is 2.42. The number of halogens is 3. The second-order valence-corrected chi connectivity index (χ2v) is 16.5. The number of ketones is 2. The average Bonchev–Trinajstić information content (AvgIpc) is 3.85. The lowest BCUT2D eigenvalue weighted by atomic mass is 9.97. The Labute approximate surface area is 358 Å². The summed E-state index contributed by atoms with van der Waals surface area (Å²) in [5.74, 6) is 0.774. The molecule has 0 aliphatic heterocycles. The van der Waals surface area contributed by atoms with Crippen LogP contribution in [-0.4, -0.2) is 39.7 Å². The van der Waals surface area contributed by atoms with Crippen molar-refractivity contribution in [3.05, 3.63) is 178 Å². The van der Waals surface area contributed by atoms with Gasteiger partial charge < -0.3 is 18.1 Å². The molecule has 6 aromatic carbocycles. The highest BCUT2D eigenvalue weighted by molar-refractivity contribution is 7.88. The first-order valence-corrected chi connectivity index (χ1v) is 20.9. The Morgan fingerprint density at radius 1 is 0.645 bits per heavy atom. The fraction of sp³-hybridized carbons (Fsp3) is 0.104. The second-order valence-electron chi connectivity index (χ2n) is 13.9. The van der Waals surface area contributed by atoms with Gasteiger partial charge in [0.05, 0.1) is 26.4 Å². The Kier molecular flexibility index (Phi) is 12.0. The third-order valence-corrected chi connectivity index (χ3v) is 11.9. The van der Waals surface area contributed by atoms with Crippen molar-refractivity contribution in [3.8, 4) is 39.0 Å². The van der Waals surface area contributed by atoms with Gasteiger partial charge >= 0.3 is 15.6 Å². The molecule has 0 amide bonds. The van der Waals surface area contributed by atoms with Gasteiger partial charge in [0.1, 0.15) is 28.6 Å². The molecule has 14 heteroatoms. The lowest BCUT2D eigenvalue weighted by Gasteiger charge is -2.10. The predicted molar refractivity (Wildman–Crippen MR) is 233 cm³/mol. The topological polar surface area (TPSA) is 113 Å². The Morgan fingerprint density at radius 2 is 1.15 bits per heavy atom. The molecule has 2 aromatic heterocycles. The van der Waals surface area contributed by atoms with Crippen LogP contribution >= 0.6 is 11.3 Å². The molecule has 8 rings (SSSR count). The smallest absolute Gasteiger partial charge is 0.497 e. The number of benzene rings is 6. The molecule has 8 aromatic rings. The normalized spacial score (nSPS) is 11.4. The van der Waals surface area contributed by atoms with E-state index in [0.29, 0.717) is 50.6 Å². The number of ether oxygens (including phenoxy) is 2. The van der Waals surface area contributed by atoms with Gasteiger partial charge in [-0.15, -0.1) is 11.3 Å². The van der Waals surface area contributed by atoms with E-state index in [1.54, 1.807) is 56.7 Å². The third kappa shape index (κ3) is 8.81. The summed E-state index contributed by atoms with van der Waals surface area (Å²) in [6.07, 6.45) is 0. The van der Waals surface area contributed by atoms with Crippen molar-refractivity contribution >= 4 is 59.8 Å². The number of carbonyl (C=O) groups excluding carboxylic acids is 2. The highest BCUT2D eigenvalue weighted by atomic mass is 32.2. The molecule has 0 fully saturated rings. The van der Waals surface area contributed by atoms with Gasteiger partial charge in [0, 0.05) is 48.7 Å². The summed E-state index contributed by atoms with van der Waals surface area (Å²) >= 11 is 1.42. The van der Waals surface area contributed by atoms with E-state index in [1.807, 2.05) is 80.6 Å². The maximum absolute atomic E-state index is 13.5. The van der Waals surface area contributed by atoms with Crippen molar-refractivity contribution in [1.82, 2.24) is 0 Å². The third-order valence-electron chi connectivity index (χ3n) is 9.74. The number of methoxy groups -OCH3 is 2. The number of rotatable bonds is 10. The SMILES string of the molecule is COc1ccc2c(C(=O)c3ccc(OS(=O)(=O)C(F)(F)F)cc3)c(-c3ccc(C)cc3)sc2c1.[C-]#[N+]c1ccc(C(=O)c2c(-c3ccc(C)cc3)oc3cc(OC)ccc23)cc1. The quantitative estimate of drug-likeness (QED) is 0.0578. The number of furan rings is 1. The van der Waals surface area contributed by atoms with Crippen LogP contribution in [0, 0.1) is 20.4 Å². The number of carbonyl (C=O) groups is 2. The summed E-state index contributed by atoms with van der Waals surface area (Å²) in [7, 11) is -2.66. The Balaban J connectivity index is 0.000000190. The molecule has 0 saturated heterocycles. The second kappa shape index (κ2) is 17.4. The van der Waals surface area contributed by atoms with Crippen molar-refractivity contribution < 1.29 is 49.3 Å². The number of aryl methyl sites for hydroxylation is 2. The van der Waals surface area contributed by atoms with E-state index in [0.717, 1.165) is 49.3 Å². The van der Waals surface area contributed by atoms with E-state index in [-0.39, 0.29) is 17.1 Å². The first kappa shape index (κ1) is 42.9. The van der Waals surface area contributed by atoms with Gasteiger partial charge in [0.25, 0.3) is 0 Å². The summed E-state index contributed by atoms with van der Waals surface area (Å²) in [6, 6.07) is 37.5. The minimum atomic E-state index is -5.80. The van der Waals surface area contributed by atoms with Crippen LogP contribution in [0.25, 0.3) is 47.7 Å². The Morgan fingerprint density at radius 3 is 1.69 bits per heavy atom. The lowest BCUT2D eigenvalue weighted by Crippen LogP contribution is -2.28. The number of alkyl halides is 3. The molecular weight excluding hydrogens is 840 g/mol. The van der Waals surface area contributed by atoms with Crippen LogP contribution in [-0.2, 0) is 10.1 Å². The van der Waals surface area contributed by atoms with Gasteiger partial charge in [-0.25, -0.2) is 4.85 Å². The molecular formula is C48H34F3NO8S2. The summed E-state index contributed by atoms with van der Waals surface area (Å²) in [4.78, 5) is 31.0. The molecule has 0 aliphatic rings. The minimum Gasteiger partial charge on any atom is -0.497 e. The molecule has 2 heterocycles. The zero-order valence-electron chi connectivity index (χ0n) is 33.4. The van der Waals surface area contributed by atoms with Crippen LogP contribution in [0.4, 0.5) is 18.9 Å². The molecule has 9 nitrogen and oxygen atoms in total. The standard InChI is InChI=1S/C24H17F3O5S2.C24H17NO3/c1-14-3-5-16(6-4-14)23-21(19-12-11-18(31-2)13-20(19)33-23)22(28)15-7-9-17(10-8-15)32-34(29,30)24(25,26)27;1-15-4-6-17(7-5-15)24-22(20-13-12-19(27-3)14-21(20)28-24)23(26)16-8-10-18(25-2)11-9-16/h3-13H,1-2H3;4-14H,1,3H3. The van der Waals surface area contributed by atoms with Crippen molar-refractivity contribution in [3.63, 3.8) is 0 Å². The largest absolute Gasteiger partial charge is 0.534 e. The van der Waals surface area contributed by atoms with Gasteiger partial charge in [0.15, 0.2) is 17.3 Å². The van der Waals surface area contributed by atoms with E-state index < -0.39 is 21.4 Å². The lowest BCUT2D eigenvalue weighted by molar-refractivity contribution is -0.0500. The van der Waals surface area contributed by atoms with Crippen molar-refractivity contribution in [2.24, 2.45) is 0 Å². The number of fused-ring (bicyclic) bond motifs is 2. The monoisotopic (exact) mass is 873 g/mol. The van der Waals surface area contributed by atoms with Crippen LogP contribution in [0.1, 0.15) is 43.0 Å². The number of hydrogen-bond acceptors (Lipinski definition) is 9. The molecule has 0 unspecified atom stereocenters. The Hall–Kier alpha value is -7.21. The van der Waals surface area contributed by atoms with Gasteiger partial charge in [-0.2, -0.15) is 21.6 Å². The molecule has 0 atom stereocenters. The summed E-state index contributed by atoms with van der Waals surface area (Å²) in [5, 5.41) is 1.43. The fourth-order valence-electron chi connectivity index (χ4n) is 6.49. The minimum absolute atomic E-state index is 0.143. The van der Waals surface area contributed by atoms with Crippen LogP contribution < -0.4 is 13.7 Å². The molecule has 0 spiro atoms. The van der Waals surface area contributed by atoms with Crippen molar-refractivity contribution in [2.45, 2.75) is 19.4 Å². The maximum Gasteiger partial charge on any atom is 0.534 e. The van der Waals surface area contributed by atoms with Crippen LogP contribution in [0.3, 0.4) is 0 Å². The molecule has 0 saturated carbocycles.